The minimum absolute atomic E-state index is 0.0537. The van der Waals surface area contributed by atoms with Crippen molar-refractivity contribution in [2.45, 2.75) is 62.4 Å². The molecule has 0 aliphatic heterocycles. The van der Waals surface area contributed by atoms with Crippen molar-refractivity contribution in [1.29, 1.82) is 0 Å². The van der Waals surface area contributed by atoms with Gasteiger partial charge in [0.1, 0.15) is 12.1 Å². The largest absolute Gasteiger partial charge is 0.369 e. The van der Waals surface area contributed by atoms with E-state index in [1.54, 1.807) is 19.2 Å². The molecular formula is C42H49N7O5S. The molecule has 0 aliphatic rings. The van der Waals surface area contributed by atoms with Crippen LogP contribution in [0.5, 0.6) is 0 Å². The zero-order valence-corrected chi connectivity index (χ0v) is 32.0. The van der Waals surface area contributed by atoms with Crippen molar-refractivity contribution in [3.63, 3.8) is 0 Å². The van der Waals surface area contributed by atoms with Gasteiger partial charge in [-0.05, 0) is 67.5 Å². The van der Waals surface area contributed by atoms with Crippen LogP contribution in [0.2, 0.25) is 0 Å². The fraction of sp³-hybridized carbons (Fsp3) is 0.286. The Balaban J connectivity index is 1.28. The van der Waals surface area contributed by atoms with Gasteiger partial charge >= 0.3 is 0 Å². The van der Waals surface area contributed by atoms with Crippen LogP contribution in [0.4, 0.5) is 0 Å². The number of nitrogens with one attached hydrogen (secondary N) is 4. The number of aryl methyl sites for hydroxylation is 2. The summed E-state index contributed by atoms with van der Waals surface area (Å²) in [6.07, 6.45) is 3.93. The number of hydrogen-bond acceptors (Lipinski definition) is 6. The highest BCUT2D eigenvalue weighted by molar-refractivity contribution is 7.90. The number of nitrogens with zero attached hydrogens (tertiary/aromatic N) is 2. The molecule has 0 bridgehead atoms. The van der Waals surface area contributed by atoms with Crippen molar-refractivity contribution in [3.05, 3.63) is 138 Å². The summed E-state index contributed by atoms with van der Waals surface area (Å²) in [7, 11) is -2.37. The summed E-state index contributed by atoms with van der Waals surface area (Å²) in [4.78, 5) is 50.3. The average molecular weight is 764 g/mol. The molecule has 2 atom stereocenters. The van der Waals surface area contributed by atoms with Crippen LogP contribution in [0.1, 0.15) is 41.5 Å². The summed E-state index contributed by atoms with van der Waals surface area (Å²) in [6, 6.07) is 31.5. The summed E-state index contributed by atoms with van der Waals surface area (Å²) in [5, 5.41) is 7.02. The SMILES string of the molecule is Cc1ccc(S(=O)(=O)NC(N)=NCCC[C@@H](C(=O)NCCc2c[nH]c3ccccc23)N(C)C(=O)[C@@H](Cc2ccccc2)NC(=O)CCc2ccccc2)cc1. The minimum atomic E-state index is -3.94. The summed E-state index contributed by atoms with van der Waals surface area (Å²) in [5.74, 6) is -1.33. The molecule has 1 heterocycles. The number of aromatic amines is 1. The molecule has 13 heteroatoms. The van der Waals surface area contributed by atoms with Crippen molar-refractivity contribution < 1.29 is 22.8 Å². The summed E-state index contributed by atoms with van der Waals surface area (Å²) in [5.41, 5.74) is 10.8. The molecule has 3 amide bonds. The Morgan fingerprint density at radius 3 is 2.22 bits per heavy atom. The topological polar surface area (TPSA) is 179 Å². The molecule has 0 spiro atoms. The quantitative estimate of drug-likeness (QED) is 0.0502. The predicted molar refractivity (Wildman–Crippen MR) is 216 cm³/mol. The Morgan fingerprint density at radius 2 is 1.51 bits per heavy atom. The van der Waals surface area contributed by atoms with Crippen LogP contribution >= 0.6 is 0 Å². The van der Waals surface area contributed by atoms with Gasteiger partial charge in [-0.3, -0.25) is 19.4 Å². The molecule has 5 rings (SSSR count). The molecule has 0 saturated heterocycles. The molecule has 55 heavy (non-hydrogen) atoms. The third-order valence-corrected chi connectivity index (χ3v) is 10.7. The number of sulfonamides is 1. The van der Waals surface area contributed by atoms with Gasteiger partial charge < -0.3 is 26.3 Å². The molecular weight excluding hydrogens is 715 g/mol. The third kappa shape index (κ3) is 11.8. The Morgan fingerprint density at radius 1 is 0.855 bits per heavy atom. The number of rotatable bonds is 18. The number of guanidine groups is 1. The second-order valence-electron chi connectivity index (χ2n) is 13.5. The predicted octanol–water partition coefficient (Wildman–Crippen LogP) is 4.40. The van der Waals surface area contributed by atoms with Crippen LogP contribution in [-0.2, 0) is 43.7 Å². The highest BCUT2D eigenvalue weighted by atomic mass is 32.2. The number of para-hydroxylation sites is 1. The molecule has 4 aromatic carbocycles. The van der Waals surface area contributed by atoms with Crippen LogP contribution < -0.4 is 21.1 Å². The lowest BCUT2D eigenvalue weighted by atomic mass is 10.0. The number of benzene rings is 4. The van der Waals surface area contributed by atoms with E-state index in [2.05, 4.69) is 25.3 Å². The molecule has 5 aromatic rings. The molecule has 12 nitrogen and oxygen atoms in total. The lowest BCUT2D eigenvalue weighted by Crippen LogP contribution is -2.55. The average Bonchev–Trinajstić information content (AvgIpc) is 3.60. The van der Waals surface area contributed by atoms with Crippen molar-refractivity contribution >= 4 is 44.6 Å². The number of H-pyrrole nitrogens is 1. The summed E-state index contributed by atoms with van der Waals surface area (Å²) >= 11 is 0. The van der Waals surface area contributed by atoms with Crippen LogP contribution in [0, 0.1) is 6.92 Å². The smallest absolute Gasteiger partial charge is 0.264 e. The van der Waals surface area contributed by atoms with Gasteiger partial charge in [-0.15, -0.1) is 0 Å². The van der Waals surface area contributed by atoms with Gasteiger partial charge in [-0.2, -0.15) is 0 Å². The number of carbonyl (C=O) groups is 3. The lowest BCUT2D eigenvalue weighted by Gasteiger charge is -2.31. The molecule has 288 valence electrons. The van der Waals surface area contributed by atoms with Crippen molar-refractivity contribution in [1.82, 2.24) is 25.2 Å². The molecule has 6 N–H and O–H groups in total. The van der Waals surface area contributed by atoms with Crippen molar-refractivity contribution in [3.8, 4) is 0 Å². The van der Waals surface area contributed by atoms with Crippen LogP contribution in [-0.4, -0.2) is 74.2 Å². The second-order valence-corrected chi connectivity index (χ2v) is 15.2. The number of fused-ring (bicyclic) bond motifs is 1. The van der Waals surface area contributed by atoms with E-state index in [0.717, 1.165) is 33.2 Å². The van der Waals surface area contributed by atoms with Gasteiger partial charge in [0, 0.05) is 50.1 Å². The summed E-state index contributed by atoms with van der Waals surface area (Å²) < 4.78 is 27.9. The maximum Gasteiger partial charge on any atom is 0.264 e. The van der Waals surface area contributed by atoms with Crippen LogP contribution in [0.15, 0.2) is 125 Å². The van der Waals surface area contributed by atoms with Gasteiger partial charge in [0.2, 0.25) is 23.7 Å². The van der Waals surface area contributed by atoms with E-state index >= 15 is 0 Å². The zero-order valence-electron chi connectivity index (χ0n) is 31.2. The molecule has 0 fully saturated rings. The van der Waals surface area contributed by atoms with Gasteiger partial charge in [0.05, 0.1) is 4.90 Å². The van der Waals surface area contributed by atoms with E-state index < -0.39 is 28.0 Å². The van der Waals surface area contributed by atoms with Gasteiger partial charge in [0.15, 0.2) is 0 Å². The second kappa shape index (κ2) is 19.4. The number of aliphatic imine (C=N–C) groups is 1. The fourth-order valence-electron chi connectivity index (χ4n) is 6.33. The molecule has 1 aromatic heterocycles. The van der Waals surface area contributed by atoms with E-state index in [9.17, 15) is 22.8 Å². The normalized spacial score (nSPS) is 12.8. The molecule has 0 radical (unpaired) electrons. The first kappa shape index (κ1) is 40.2. The highest BCUT2D eigenvalue weighted by Crippen LogP contribution is 2.18. The first-order chi connectivity index (χ1) is 26.5. The summed E-state index contributed by atoms with van der Waals surface area (Å²) in [6.45, 7) is 2.27. The van der Waals surface area contributed by atoms with Crippen LogP contribution in [0.25, 0.3) is 10.9 Å². The Hall–Kier alpha value is -5.95. The maximum absolute atomic E-state index is 14.3. The van der Waals surface area contributed by atoms with E-state index in [1.165, 1.54) is 17.0 Å². The fourth-order valence-corrected chi connectivity index (χ4v) is 7.28. The Kier molecular flexibility index (Phi) is 14.2. The minimum Gasteiger partial charge on any atom is -0.369 e. The number of amides is 3. The first-order valence-electron chi connectivity index (χ1n) is 18.4. The van der Waals surface area contributed by atoms with Crippen LogP contribution in [0.3, 0.4) is 0 Å². The molecule has 0 aliphatic carbocycles. The Bertz CT molecular complexity index is 2170. The van der Waals surface area contributed by atoms with E-state index in [1.807, 2.05) is 98.0 Å². The number of aromatic nitrogens is 1. The Labute approximate surface area is 322 Å². The van der Waals surface area contributed by atoms with Gasteiger partial charge in [0.25, 0.3) is 10.0 Å². The van der Waals surface area contributed by atoms with E-state index in [0.29, 0.717) is 25.8 Å². The number of carbonyl (C=O) groups excluding carboxylic acids is 3. The third-order valence-electron chi connectivity index (χ3n) is 9.37. The van der Waals surface area contributed by atoms with Crippen molar-refractivity contribution in [2.75, 3.05) is 20.1 Å². The lowest BCUT2D eigenvalue weighted by molar-refractivity contribution is -0.142. The number of nitrogens with two attached hydrogens (primary N) is 1. The van der Waals surface area contributed by atoms with E-state index in [-0.39, 0.29) is 48.5 Å². The maximum atomic E-state index is 14.3. The van der Waals surface area contributed by atoms with Gasteiger partial charge in [-0.1, -0.05) is 96.6 Å². The number of likely N-dealkylation sites (N-methyl/N-ethyl adjacent to an activating group) is 1. The van der Waals surface area contributed by atoms with E-state index in [4.69, 9.17) is 5.73 Å². The monoisotopic (exact) mass is 763 g/mol. The molecule has 0 saturated carbocycles. The molecule has 0 unspecified atom stereocenters. The van der Waals surface area contributed by atoms with Crippen molar-refractivity contribution in [2.24, 2.45) is 10.7 Å². The number of hydrogen-bond donors (Lipinski definition) is 5. The highest BCUT2D eigenvalue weighted by Gasteiger charge is 2.32. The van der Waals surface area contributed by atoms with Gasteiger partial charge in [-0.25, -0.2) is 13.1 Å². The standard InChI is InChI=1S/C42H49N7O5S/c1-30-19-22-34(23-20-30)55(53,54)48-42(43)45-26-11-18-38(40(51)44-27-25-33-29-46-36-17-10-9-16-35(33)36)49(2)41(52)37(28-32-14-7-4-8-15-32)47-39(50)24-21-31-12-5-3-6-13-31/h3-10,12-17,19-20,22-23,29,37-38,46H,11,18,21,24-28H2,1-2H3,(H,44,51)(H,47,50)(H3,43,45,48)/t37-,38+/m1/s1. The first-order valence-corrected chi connectivity index (χ1v) is 19.8. The zero-order chi connectivity index (χ0) is 39.2.